The number of rotatable bonds is 5. The molecule has 23 heavy (non-hydrogen) atoms. The van der Waals surface area contributed by atoms with Crippen LogP contribution >= 0.6 is 0 Å². The number of hydrogen-bond acceptors (Lipinski definition) is 5. The Morgan fingerprint density at radius 2 is 2.00 bits per heavy atom. The van der Waals surface area contributed by atoms with Crippen molar-refractivity contribution in [3.8, 4) is 0 Å². The molecule has 7 heteroatoms. The molecule has 7 nitrogen and oxygen atoms in total. The maximum absolute atomic E-state index is 10.8. The molecule has 0 radical (unpaired) electrons. The average molecular weight is 313 g/mol. The number of hydrogen-bond donors (Lipinski definition) is 2. The number of nitrogens with zero attached hydrogens (tertiary/aromatic N) is 3. The van der Waals surface area contributed by atoms with Gasteiger partial charge in [0.25, 0.3) is 5.69 Å². The van der Waals surface area contributed by atoms with Crippen molar-refractivity contribution in [2.75, 3.05) is 0 Å². The third-order valence-corrected chi connectivity index (χ3v) is 3.70. The van der Waals surface area contributed by atoms with Crippen LogP contribution in [0.3, 0.4) is 0 Å². The Morgan fingerprint density at radius 3 is 2.74 bits per heavy atom. The molecule has 0 fully saturated rings. The second-order valence-electron chi connectivity index (χ2n) is 5.15. The molecule has 118 valence electrons. The van der Waals surface area contributed by atoms with E-state index in [2.05, 4.69) is 4.98 Å². The lowest BCUT2D eigenvalue weighted by molar-refractivity contribution is -0.385. The highest BCUT2D eigenvalue weighted by molar-refractivity contribution is 5.75. The summed E-state index contributed by atoms with van der Waals surface area (Å²) in [5, 5.41) is 30.7. The maximum atomic E-state index is 10.8. The molecular weight excluding hydrogens is 298 g/mol. The zero-order valence-corrected chi connectivity index (χ0v) is 12.2. The highest BCUT2D eigenvalue weighted by Crippen LogP contribution is 2.24. The smallest absolute Gasteiger partial charge is 0.269 e. The van der Waals surface area contributed by atoms with Crippen molar-refractivity contribution in [1.82, 2.24) is 9.55 Å². The first-order chi connectivity index (χ1) is 11.1. The Hall–Kier alpha value is -2.77. The molecule has 1 unspecified atom stereocenters. The summed E-state index contributed by atoms with van der Waals surface area (Å²) in [6.07, 6.45) is -0.946. The van der Waals surface area contributed by atoms with Crippen molar-refractivity contribution in [3.63, 3.8) is 0 Å². The molecule has 0 amide bonds. The van der Waals surface area contributed by atoms with E-state index in [1.807, 2.05) is 24.3 Å². The topological polar surface area (TPSA) is 101 Å². The third kappa shape index (κ3) is 2.92. The van der Waals surface area contributed by atoms with E-state index in [-0.39, 0.29) is 18.8 Å². The lowest BCUT2D eigenvalue weighted by Gasteiger charge is -2.14. The van der Waals surface area contributed by atoms with Gasteiger partial charge in [-0.15, -0.1) is 0 Å². The number of nitro groups is 1. The third-order valence-electron chi connectivity index (χ3n) is 3.70. The number of fused-ring (bicyclic) bond motifs is 1. The lowest BCUT2D eigenvalue weighted by atomic mass is 10.1. The fourth-order valence-corrected chi connectivity index (χ4v) is 2.57. The molecular formula is C16H15N3O4. The Labute approximate surface area is 131 Å². The molecule has 2 N–H and O–H groups in total. The summed E-state index contributed by atoms with van der Waals surface area (Å²) in [7, 11) is 0. The largest absolute Gasteiger partial charge is 0.388 e. The van der Waals surface area contributed by atoms with Crippen LogP contribution in [-0.4, -0.2) is 24.7 Å². The van der Waals surface area contributed by atoms with Crippen molar-refractivity contribution in [2.45, 2.75) is 19.3 Å². The van der Waals surface area contributed by atoms with Gasteiger partial charge in [-0.3, -0.25) is 10.1 Å². The monoisotopic (exact) mass is 313 g/mol. The van der Waals surface area contributed by atoms with Crippen LogP contribution in [0.25, 0.3) is 11.0 Å². The van der Waals surface area contributed by atoms with Crippen molar-refractivity contribution in [1.29, 1.82) is 0 Å². The van der Waals surface area contributed by atoms with Crippen LogP contribution in [0.15, 0.2) is 48.5 Å². The number of aliphatic hydroxyl groups is 2. The van der Waals surface area contributed by atoms with E-state index >= 15 is 0 Å². The van der Waals surface area contributed by atoms with E-state index in [0.717, 1.165) is 11.0 Å². The zero-order chi connectivity index (χ0) is 16.4. The van der Waals surface area contributed by atoms with E-state index in [1.54, 1.807) is 10.6 Å². The van der Waals surface area contributed by atoms with Gasteiger partial charge in [0.15, 0.2) is 0 Å². The average Bonchev–Trinajstić information content (AvgIpc) is 2.93. The first-order valence-corrected chi connectivity index (χ1v) is 7.07. The molecule has 1 aromatic heterocycles. The molecule has 0 aliphatic heterocycles. The second-order valence-corrected chi connectivity index (χ2v) is 5.15. The van der Waals surface area contributed by atoms with Gasteiger partial charge >= 0.3 is 0 Å². The number of aromatic nitrogens is 2. The Kier molecular flexibility index (Phi) is 4.05. The number of benzene rings is 2. The van der Waals surface area contributed by atoms with Crippen LogP contribution in [-0.2, 0) is 13.2 Å². The van der Waals surface area contributed by atoms with E-state index in [9.17, 15) is 20.3 Å². The Morgan fingerprint density at radius 1 is 1.22 bits per heavy atom. The number of non-ortho nitro benzene ring substituents is 1. The van der Waals surface area contributed by atoms with Gasteiger partial charge < -0.3 is 14.8 Å². The predicted octanol–water partition coefficient (Wildman–Crippen LogP) is 2.17. The zero-order valence-electron chi connectivity index (χ0n) is 12.2. The van der Waals surface area contributed by atoms with Crippen LogP contribution < -0.4 is 0 Å². The lowest BCUT2D eigenvalue weighted by Crippen LogP contribution is -2.12. The summed E-state index contributed by atoms with van der Waals surface area (Å²) in [4.78, 5) is 14.7. The summed E-state index contributed by atoms with van der Waals surface area (Å²) >= 11 is 0. The Bertz CT molecular complexity index is 859. The van der Waals surface area contributed by atoms with Crippen molar-refractivity contribution >= 4 is 16.7 Å². The predicted molar refractivity (Wildman–Crippen MR) is 83.7 cm³/mol. The summed E-state index contributed by atoms with van der Waals surface area (Å²) < 4.78 is 1.72. The van der Waals surface area contributed by atoms with Crippen molar-refractivity contribution in [3.05, 3.63) is 70.0 Å². The summed E-state index contributed by atoms with van der Waals surface area (Å²) in [6, 6.07) is 13.3. The van der Waals surface area contributed by atoms with Gasteiger partial charge in [-0.1, -0.05) is 24.3 Å². The van der Waals surface area contributed by atoms with Crippen molar-refractivity contribution < 1.29 is 15.1 Å². The van der Waals surface area contributed by atoms with Crippen LogP contribution in [0.2, 0.25) is 0 Å². The van der Waals surface area contributed by atoms with Crippen LogP contribution in [0.1, 0.15) is 17.5 Å². The molecule has 0 saturated carbocycles. The van der Waals surface area contributed by atoms with Gasteiger partial charge in [-0.2, -0.15) is 0 Å². The molecule has 0 aliphatic carbocycles. The highest BCUT2D eigenvalue weighted by Gasteiger charge is 2.16. The number of nitro benzene ring substituents is 1. The highest BCUT2D eigenvalue weighted by atomic mass is 16.6. The van der Waals surface area contributed by atoms with E-state index in [1.165, 1.54) is 18.2 Å². The molecule has 1 atom stereocenters. The molecule has 2 aromatic carbocycles. The SMILES string of the molecule is O=[N+]([O-])c1cccc(C(O)Cn2c(CO)nc3ccccc32)c1. The molecule has 0 spiro atoms. The molecule has 3 rings (SSSR count). The van der Waals surface area contributed by atoms with Gasteiger partial charge in [0.05, 0.1) is 28.6 Å². The van der Waals surface area contributed by atoms with Crippen molar-refractivity contribution in [2.24, 2.45) is 0 Å². The normalized spacial score (nSPS) is 12.4. The van der Waals surface area contributed by atoms with Gasteiger partial charge in [-0.05, 0) is 17.7 Å². The summed E-state index contributed by atoms with van der Waals surface area (Å²) in [5.74, 6) is 0.440. The molecule has 1 heterocycles. The first kappa shape index (κ1) is 15.1. The second kappa shape index (κ2) is 6.15. The standard InChI is InChI=1S/C16H15N3O4/c20-10-16-17-13-6-1-2-7-14(13)18(16)9-15(21)11-4-3-5-12(8-11)19(22)23/h1-8,15,20-21H,9-10H2. The minimum atomic E-state index is -0.946. The molecule has 0 aliphatic rings. The summed E-state index contributed by atoms with van der Waals surface area (Å²) in [6.45, 7) is -0.103. The Balaban J connectivity index is 1.95. The number of imidazole rings is 1. The van der Waals surface area contributed by atoms with E-state index in [0.29, 0.717) is 11.4 Å². The van der Waals surface area contributed by atoms with Gasteiger partial charge in [0, 0.05) is 12.1 Å². The van der Waals surface area contributed by atoms with Crippen LogP contribution in [0, 0.1) is 10.1 Å². The minimum absolute atomic E-state index is 0.0700. The van der Waals surface area contributed by atoms with Gasteiger partial charge in [0.1, 0.15) is 12.4 Å². The van der Waals surface area contributed by atoms with E-state index in [4.69, 9.17) is 0 Å². The van der Waals surface area contributed by atoms with E-state index < -0.39 is 11.0 Å². The van der Waals surface area contributed by atoms with Crippen LogP contribution in [0.5, 0.6) is 0 Å². The fraction of sp³-hybridized carbons (Fsp3) is 0.188. The molecule has 3 aromatic rings. The van der Waals surface area contributed by atoms with Crippen LogP contribution in [0.4, 0.5) is 5.69 Å². The quantitative estimate of drug-likeness (QED) is 0.555. The molecule has 0 saturated heterocycles. The van der Waals surface area contributed by atoms with Gasteiger partial charge in [0.2, 0.25) is 0 Å². The molecule has 0 bridgehead atoms. The minimum Gasteiger partial charge on any atom is -0.388 e. The first-order valence-electron chi connectivity index (χ1n) is 7.07. The maximum Gasteiger partial charge on any atom is 0.269 e. The number of aliphatic hydroxyl groups excluding tert-OH is 2. The summed E-state index contributed by atoms with van der Waals surface area (Å²) in [5.41, 5.74) is 1.89. The van der Waals surface area contributed by atoms with Gasteiger partial charge in [-0.25, -0.2) is 4.98 Å². The fourth-order valence-electron chi connectivity index (χ4n) is 2.57. The number of para-hydroxylation sites is 2.